The Morgan fingerprint density at radius 2 is 1.70 bits per heavy atom. The molecular formula is C17H19FN2. The van der Waals surface area contributed by atoms with E-state index in [2.05, 4.69) is 29.2 Å². The van der Waals surface area contributed by atoms with Crippen LogP contribution in [0.3, 0.4) is 0 Å². The third kappa shape index (κ3) is 3.17. The molecule has 1 saturated carbocycles. The second kappa shape index (κ2) is 5.63. The van der Waals surface area contributed by atoms with E-state index in [1.165, 1.54) is 18.4 Å². The molecule has 0 bridgehead atoms. The molecular weight excluding hydrogens is 251 g/mol. The first kappa shape index (κ1) is 13.1. The Kier molecular flexibility index (Phi) is 3.70. The van der Waals surface area contributed by atoms with Gasteiger partial charge in [-0.1, -0.05) is 36.4 Å². The van der Waals surface area contributed by atoms with Crippen LogP contribution in [-0.2, 0) is 13.1 Å². The molecule has 3 rings (SSSR count). The van der Waals surface area contributed by atoms with Gasteiger partial charge in [0.25, 0.3) is 0 Å². The average Bonchev–Trinajstić information content (AvgIpc) is 3.28. The number of nitrogens with zero attached hydrogens (tertiary/aromatic N) is 1. The summed E-state index contributed by atoms with van der Waals surface area (Å²) >= 11 is 0. The maximum absolute atomic E-state index is 13.5. The lowest BCUT2D eigenvalue weighted by molar-refractivity contribution is 0.245. The van der Waals surface area contributed by atoms with Crippen molar-refractivity contribution in [3.63, 3.8) is 0 Å². The van der Waals surface area contributed by atoms with E-state index in [1.54, 1.807) is 12.1 Å². The van der Waals surface area contributed by atoms with Crippen molar-refractivity contribution >= 4 is 5.69 Å². The van der Waals surface area contributed by atoms with Gasteiger partial charge < -0.3 is 5.73 Å². The van der Waals surface area contributed by atoms with Gasteiger partial charge in [0.15, 0.2) is 0 Å². The first-order valence-corrected chi connectivity index (χ1v) is 7.04. The highest BCUT2D eigenvalue weighted by molar-refractivity contribution is 5.41. The molecule has 2 aromatic rings. The summed E-state index contributed by atoms with van der Waals surface area (Å²) in [5.41, 5.74) is 8.03. The number of anilines is 1. The normalized spacial score (nSPS) is 14.7. The summed E-state index contributed by atoms with van der Waals surface area (Å²) in [6.07, 6.45) is 2.48. The molecule has 2 N–H and O–H groups in total. The van der Waals surface area contributed by atoms with Crippen LogP contribution in [0.4, 0.5) is 10.1 Å². The van der Waals surface area contributed by atoms with E-state index in [4.69, 9.17) is 5.73 Å². The first-order chi connectivity index (χ1) is 9.72. The van der Waals surface area contributed by atoms with Crippen molar-refractivity contribution < 1.29 is 4.39 Å². The lowest BCUT2D eigenvalue weighted by Gasteiger charge is -2.22. The Balaban J connectivity index is 1.72. The molecule has 0 aromatic heterocycles. The summed E-state index contributed by atoms with van der Waals surface area (Å²) in [5, 5.41) is 0. The highest BCUT2D eigenvalue weighted by atomic mass is 19.1. The molecule has 0 amide bonds. The van der Waals surface area contributed by atoms with Gasteiger partial charge in [0.05, 0.1) is 5.69 Å². The Labute approximate surface area is 119 Å². The van der Waals surface area contributed by atoms with Gasteiger partial charge in [-0.3, -0.25) is 4.90 Å². The van der Waals surface area contributed by atoms with Gasteiger partial charge in [0.1, 0.15) is 5.82 Å². The number of halogens is 1. The van der Waals surface area contributed by atoms with Crippen LogP contribution in [0.15, 0.2) is 48.5 Å². The molecule has 0 aliphatic heterocycles. The fourth-order valence-corrected chi connectivity index (χ4v) is 2.48. The van der Waals surface area contributed by atoms with E-state index in [1.807, 2.05) is 12.1 Å². The van der Waals surface area contributed by atoms with E-state index in [0.29, 0.717) is 6.04 Å². The standard InChI is InChI=1S/C17H19FN2/c18-16-10-14(6-9-17(16)19)12-20(15-7-8-15)11-13-4-2-1-3-5-13/h1-6,9-10,15H,7-8,11-12,19H2. The minimum atomic E-state index is -0.321. The molecule has 2 aromatic carbocycles. The van der Waals surface area contributed by atoms with E-state index < -0.39 is 0 Å². The van der Waals surface area contributed by atoms with Crippen molar-refractivity contribution in [1.29, 1.82) is 0 Å². The number of rotatable bonds is 5. The van der Waals surface area contributed by atoms with E-state index in [9.17, 15) is 4.39 Å². The fourth-order valence-electron chi connectivity index (χ4n) is 2.48. The maximum atomic E-state index is 13.5. The molecule has 0 radical (unpaired) electrons. The lowest BCUT2D eigenvalue weighted by atomic mass is 10.1. The van der Waals surface area contributed by atoms with Crippen LogP contribution in [0, 0.1) is 5.82 Å². The Hall–Kier alpha value is -1.87. The highest BCUT2D eigenvalue weighted by Crippen LogP contribution is 2.30. The molecule has 1 fully saturated rings. The van der Waals surface area contributed by atoms with Crippen LogP contribution in [0.1, 0.15) is 24.0 Å². The summed E-state index contributed by atoms with van der Waals surface area (Å²) in [4.78, 5) is 2.42. The molecule has 0 spiro atoms. The Bertz CT molecular complexity index is 579. The third-order valence-electron chi connectivity index (χ3n) is 3.74. The van der Waals surface area contributed by atoms with Crippen molar-refractivity contribution in [2.45, 2.75) is 32.0 Å². The maximum Gasteiger partial charge on any atom is 0.146 e. The van der Waals surface area contributed by atoms with Gasteiger partial charge in [-0.15, -0.1) is 0 Å². The second-order valence-corrected chi connectivity index (χ2v) is 5.48. The number of hydrogen-bond acceptors (Lipinski definition) is 2. The summed E-state index contributed by atoms with van der Waals surface area (Å²) in [7, 11) is 0. The highest BCUT2D eigenvalue weighted by Gasteiger charge is 2.28. The van der Waals surface area contributed by atoms with E-state index in [-0.39, 0.29) is 11.5 Å². The molecule has 1 aliphatic carbocycles. The molecule has 1 aliphatic rings. The molecule has 104 valence electrons. The molecule has 0 heterocycles. The number of hydrogen-bond donors (Lipinski definition) is 1. The van der Waals surface area contributed by atoms with Gasteiger partial charge in [-0.2, -0.15) is 0 Å². The number of nitrogen functional groups attached to an aromatic ring is 1. The zero-order valence-electron chi connectivity index (χ0n) is 11.4. The van der Waals surface area contributed by atoms with E-state index in [0.717, 1.165) is 18.7 Å². The fraction of sp³-hybridized carbons (Fsp3) is 0.294. The Morgan fingerprint density at radius 1 is 1.00 bits per heavy atom. The topological polar surface area (TPSA) is 29.3 Å². The minimum absolute atomic E-state index is 0.217. The van der Waals surface area contributed by atoms with Crippen molar-refractivity contribution in [3.05, 3.63) is 65.5 Å². The first-order valence-electron chi connectivity index (χ1n) is 7.04. The third-order valence-corrected chi connectivity index (χ3v) is 3.74. The predicted octanol–water partition coefficient (Wildman–Crippen LogP) is 3.57. The van der Waals surface area contributed by atoms with Crippen LogP contribution in [-0.4, -0.2) is 10.9 Å². The van der Waals surface area contributed by atoms with Crippen LogP contribution in [0.25, 0.3) is 0 Å². The van der Waals surface area contributed by atoms with Gasteiger partial charge in [0.2, 0.25) is 0 Å². The Morgan fingerprint density at radius 3 is 2.35 bits per heavy atom. The lowest BCUT2D eigenvalue weighted by Crippen LogP contribution is -2.25. The zero-order valence-corrected chi connectivity index (χ0v) is 11.4. The van der Waals surface area contributed by atoms with Gasteiger partial charge in [-0.25, -0.2) is 4.39 Å². The summed E-state index contributed by atoms with van der Waals surface area (Å²) in [6, 6.07) is 16.2. The molecule has 20 heavy (non-hydrogen) atoms. The van der Waals surface area contributed by atoms with Gasteiger partial charge in [-0.05, 0) is 36.1 Å². The summed E-state index contributed by atoms with van der Waals surface area (Å²) in [5.74, 6) is -0.321. The van der Waals surface area contributed by atoms with Crippen LogP contribution >= 0.6 is 0 Å². The molecule has 0 unspecified atom stereocenters. The summed E-state index contributed by atoms with van der Waals surface area (Å²) < 4.78 is 13.5. The zero-order chi connectivity index (χ0) is 13.9. The largest absolute Gasteiger partial charge is 0.396 e. The number of nitrogens with two attached hydrogens (primary N) is 1. The number of benzene rings is 2. The summed E-state index contributed by atoms with van der Waals surface area (Å²) in [6.45, 7) is 1.69. The van der Waals surface area contributed by atoms with Gasteiger partial charge in [0, 0.05) is 19.1 Å². The average molecular weight is 270 g/mol. The van der Waals surface area contributed by atoms with Crippen LogP contribution < -0.4 is 5.73 Å². The molecule has 0 saturated heterocycles. The molecule has 2 nitrogen and oxygen atoms in total. The van der Waals surface area contributed by atoms with Crippen LogP contribution in [0.2, 0.25) is 0 Å². The smallest absolute Gasteiger partial charge is 0.146 e. The van der Waals surface area contributed by atoms with Crippen molar-refractivity contribution in [2.24, 2.45) is 0 Å². The predicted molar refractivity (Wildman–Crippen MR) is 79.5 cm³/mol. The quantitative estimate of drug-likeness (QED) is 0.842. The molecule has 0 atom stereocenters. The van der Waals surface area contributed by atoms with E-state index >= 15 is 0 Å². The SMILES string of the molecule is Nc1ccc(CN(Cc2ccccc2)C2CC2)cc1F. The second-order valence-electron chi connectivity index (χ2n) is 5.48. The van der Waals surface area contributed by atoms with Crippen molar-refractivity contribution in [3.8, 4) is 0 Å². The minimum Gasteiger partial charge on any atom is -0.396 e. The van der Waals surface area contributed by atoms with Crippen molar-refractivity contribution in [1.82, 2.24) is 4.90 Å². The monoisotopic (exact) mass is 270 g/mol. The van der Waals surface area contributed by atoms with Crippen LogP contribution in [0.5, 0.6) is 0 Å². The van der Waals surface area contributed by atoms with Gasteiger partial charge >= 0.3 is 0 Å². The molecule has 3 heteroatoms. The van der Waals surface area contributed by atoms with Crippen molar-refractivity contribution in [2.75, 3.05) is 5.73 Å².